The minimum atomic E-state index is 0.136. The topological polar surface area (TPSA) is 61.0 Å². The lowest BCUT2D eigenvalue weighted by Crippen LogP contribution is -2.19. The first-order valence-electron chi connectivity index (χ1n) is 6.23. The Morgan fingerprint density at radius 1 is 1.26 bits per heavy atom. The zero-order valence-corrected chi connectivity index (χ0v) is 11.1. The fourth-order valence-electron chi connectivity index (χ4n) is 2.48. The number of hydrogen-bond acceptors (Lipinski definition) is 4. The zero-order chi connectivity index (χ0) is 13.2. The van der Waals surface area contributed by atoms with Gasteiger partial charge in [-0.25, -0.2) is 4.98 Å². The molecule has 4 nitrogen and oxygen atoms in total. The van der Waals surface area contributed by atoms with Gasteiger partial charge in [0.1, 0.15) is 5.82 Å². The van der Waals surface area contributed by atoms with Crippen LogP contribution in [0.2, 0.25) is 5.28 Å². The lowest BCUT2D eigenvalue weighted by Gasteiger charge is -2.25. The number of halogens is 1. The maximum absolute atomic E-state index is 5.97. The number of aromatic nitrogens is 2. The summed E-state index contributed by atoms with van der Waals surface area (Å²) in [6.45, 7) is 0.636. The number of rotatable bonds is 2. The van der Waals surface area contributed by atoms with Gasteiger partial charge in [0.15, 0.2) is 0 Å². The van der Waals surface area contributed by atoms with Crippen LogP contribution >= 0.6 is 11.6 Å². The van der Waals surface area contributed by atoms with Crippen molar-refractivity contribution in [1.82, 2.24) is 9.97 Å². The van der Waals surface area contributed by atoms with Crippen molar-refractivity contribution in [3.8, 4) is 5.88 Å². The summed E-state index contributed by atoms with van der Waals surface area (Å²) in [7, 11) is 0. The number of benzene rings is 1. The van der Waals surface area contributed by atoms with Crippen molar-refractivity contribution < 1.29 is 4.74 Å². The van der Waals surface area contributed by atoms with Crippen LogP contribution in [-0.2, 0) is 6.42 Å². The van der Waals surface area contributed by atoms with Gasteiger partial charge in [-0.2, -0.15) is 4.98 Å². The number of fused-ring (bicyclic) bond motifs is 1. The van der Waals surface area contributed by atoms with Gasteiger partial charge < -0.3 is 10.5 Å². The van der Waals surface area contributed by atoms with Gasteiger partial charge in [0.25, 0.3) is 0 Å². The van der Waals surface area contributed by atoms with E-state index in [1.54, 1.807) is 0 Å². The van der Waals surface area contributed by atoms with E-state index in [2.05, 4.69) is 22.1 Å². The molecule has 3 rings (SSSR count). The fraction of sp³-hybridized carbons (Fsp3) is 0.286. The smallest absolute Gasteiger partial charge is 0.227 e. The van der Waals surface area contributed by atoms with Crippen LogP contribution in [0.25, 0.3) is 0 Å². The first-order chi connectivity index (χ1) is 9.24. The summed E-state index contributed by atoms with van der Waals surface area (Å²) in [5.41, 5.74) is 8.13. The molecule has 5 heteroatoms. The number of nitrogens with zero attached hydrogens (tertiary/aromatic N) is 2. The third-order valence-corrected chi connectivity index (χ3v) is 3.52. The van der Waals surface area contributed by atoms with E-state index in [-0.39, 0.29) is 11.2 Å². The predicted octanol–water partition coefficient (Wildman–Crippen LogP) is 2.82. The molecule has 2 N–H and O–H groups in total. The second kappa shape index (κ2) is 5.05. The van der Waals surface area contributed by atoms with Gasteiger partial charge in [-0.15, -0.1) is 0 Å². The monoisotopic (exact) mass is 275 g/mol. The largest absolute Gasteiger partial charge is 0.477 e. The van der Waals surface area contributed by atoms with Crippen LogP contribution in [0.1, 0.15) is 23.5 Å². The third-order valence-electron chi connectivity index (χ3n) is 3.35. The highest BCUT2D eigenvalue weighted by molar-refractivity contribution is 6.28. The Balaban J connectivity index is 1.94. The normalized spacial score (nSPS) is 17.6. The number of anilines is 1. The molecule has 2 heterocycles. The molecule has 0 spiro atoms. The van der Waals surface area contributed by atoms with Gasteiger partial charge in [0.05, 0.1) is 12.2 Å². The van der Waals surface area contributed by atoms with Crippen LogP contribution in [-0.4, -0.2) is 16.6 Å². The van der Waals surface area contributed by atoms with Crippen molar-refractivity contribution >= 4 is 17.4 Å². The lowest BCUT2D eigenvalue weighted by atomic mass is 9.89. The standard InChI is InChI=1S/C14H14ClN3O/c15-14-17-12(16)11-10(6-7-19-13(11)18-14)8-9-4-2-1-3-5-9/h1-5,10H,6-8H2,(H2,16,17,18). The van der Waals surface area contributed by atoms with E-state index in [1.807, 2.05) is 18.2 Å². The van der Waals surface area contributed by atoms with Crippen LogP contribution in [0.4, 0.5) is 5.82 Å². The minimum Gasteiger partial charge on any atom is -0.477 e. The Morgan fingerprint density at radius 2 is 2.05 bits per heavy atom. The molecule has 1 atom stereocenters. The molecule has 0 saturated carbocycles. The molecular weight excluding hydrogens is 262 g/mol. The highest BCUT2D eigenvalue weighted by Gasteiger charge is 2.26. The maximum atomic E-state index is 5.97. The molecule has 0 radical (unpaired) electrons. The molecule has 98 valence electrons. The Hall–Kier alpha value is -1.81. The molecule has 0 aliphatic carbocycles. The minimum absolute atomic E-state index is 0.136. The molecule has 0 bridgehead atoms. The molecule has 1 aromatic carbocycles. The summed E-state index contributed by atoms with van der Waals surface area (Å²) in [6, 6.07) is 10.3. The Labute approximate surface area is 116 Å². The van der Waals surface area contributed by atoms with Crippen molar-refractivity contribution in [2.75, 3.05) is 12.3 Å². The van der Waals surface area contributed by atoms with E-state index in [1.165, 1.54) is 5.56 Å². The lowest BCUT2D eigenvalue weighted by molar-refractivity contribution is 0.255. The Kier molecular flexibility index (Phi) is 3.25. The van der Waals surface area contributed by atoms with Crippen molar-refractivity contribution in [1.29, 1.82) is 0 Å². The summed E-state index contributed by atoms with van der Waals surface area (Å²) < 4.78 is 5.54. The van der Waals surface area contributed by atoms with E-state index in [9.17, 15) is 0 Å². The maximum Gasteiger partial charge on any atom is 0.227 e. The molecular formula is C14H14ClN3O. The first-order valence-corrected chi connectivity index (χ1v) is 6.61. The summed E-state index contributed by atoms with van der Waals surface area (Å²) in [5.74, 6) is 1.24. The molecule has 0 saturated heterocycles. The third kappa shape index (κ3) is 2.49. The SMILES string of the molecule is Nc1nc(Cl)nc2c1C(Cc1ccccc1)CCO2. The van der Waals surface area contributed by atoms with Gasteiger partial charge in [0.2, 0.25) is 11.2 Å². The van der Waals surface area contributed by atoms with Crippen molar-refractivity contribution in [2.24, 2.45) is 0 Å². The van der Waals surface area contributed by atoms with Crippen LogP contribution < -0.4 is 10.5 Å². The van der Waals surface area contributed by atoms with E-state index < -0.39 is 0 Å². The molecule has 2 aromatic rings. The fourth-order valence-corrected chi connectivity index (χ4v) is 2.64. The van der Waals surface area contributed by atoms with E-state index >= 15 is 0 Å². The van der Waals surface area contributed by atoms with Crippen LogP contribution in [0.3, 0.4) is 0 Å². The number of ether oxygens (including phenoxy) is 1. The van der Waals surface area contributed by atoms with Gasteiger partial charge in [0, 0.05) is 5.92 Å². The highest BCUT2D eigenvalue weighted by Crippen LogP contribution is 2.38. The highest BCUT2D eigenvalue weighted by atomic mass is 35.5. The average Bonchev–Trinajstić information content (AvgIpc) is 2.39. The quantitative estimate of drug-likeness (QED) is 0.856. The van der Waals surface area contributed by atoms with Crippen LogP contribution in [0.15, 0.2) is 30.3 Å². The van der Waals surface area contributed by atoms with Crippen molar-refractivity contribution in [3.63, 3.8) is 0 Å². The van der Waals surface area contributed by atoms with Crippen molar-refractivity contribution in [3.05, 3.63) is 46.7 Å². The summed E-state index contributed by atoms with van der Waals surface area (Å²) >= 11 is 5.81. The zero-order valence-electron chi connectivity index (χ0n) is 10.3. The molecule has 1 aliphatic heterocycles. The van der Waals surface area contributed by atoms with E-state index in [0.29, 0.717) is 18.3 Å². The molecule has 1 aromatic heterocycles. The molecule has 0 fully saturated rings. The summed E-state index contributed by atoms with van der Waals surface area (Å²) in [5, 5.41) is 0.136. The molecule has 19 heavy (non-hydrogen) atoms. The number of hydrogen-bond donors (Lipinski definition) is 1. The predicted molar refractivity (Wildman–Crippen MR) is 74.5 cm³/mol. The first kappa shape index (κ1) is 12.2. The summed E-state index contributed by atoms with van der Waals surface area (Å²) in [6.07, 6.45) is 1.82. The van der Waals surface area contributed by atoms with Crippen LogP contribution in [0.5, 0.6) is 5.88 Å². The van der Waals surface area contributed by atoms with Crippen molar-refractivity contribution in [2.45, 2.75) is 18.8 Å². The van der Waals surface area contributed by atoms with Crippen LogP contribution in [0, 0.1) is 0 Å². The molecule has 0 amide bonds. The molecule has 1 unspecified atom stereocenters. The Morgan fingerprint density at radius 3 is 2.84 bits per heavy atom. The Bertz CT molecular complexity index is 589. The van der Waals surface area contributed by atoms with Gasteiger partial charge >= 0.3 is 0 Å². The van der Waals surface area contributed by atoms with Gasteiger partial charge in [-0.3, -0.25) is 0 Å². The van der Waals surface area contributed by atoms with Gasteiger partial charge in [-0.1, -0.05) is 30.3 Å². The molecule has 1 aliphatic rings. The van der Waals surface area contributed by atoms with E-state index in [4.69, 9.17) is 22.1 Å². The number of nitrogen functional groups attached to an aromatic ring is 1. The summed E-state index contributed by atoms with van der Waals surface area (Å²) in [4.78, 5) is 8.15. The number of nitrogens with two attached hydrogens (primary N) is 1. The van der Waals surface area contributed by atoms with Gasteiger partial charge in [-0.05, 0) is 30.0 Å². The van der Waals surface area contributed by atoms with E-state index in [0.717, 1.165) is 18.4 Å². The average molecular weight is 276 g/mol. The second-order valence-electron chi connectivity index (χ2n) is 4.62. The second-order valence-corrected chi connectivity index (χ2v) is 4.96.